The number of hydrogen-bond donors (Lipinski definition) is 2. The predicted molar refractivity (Wildman–Crippen MR) is 80.3 cm³/mol. The molecule has 0 radical (unpaired) electrons. The monoisotopic (exact) mass is 279 g/mol. The fourth-order valence-corrected chi connectivity index (χ4v) is 3.16. The van der Waals surface area contributed by atoms with Gasteiger partial charge in [-0.1, -0.05) is 6.07 Å². The summed E-state index contributed by atoms with van der Waals surface area (Å²) in [5, 5.41) is 19.1. The number of aliphatic hydroxyl groups is 2. The minimum atomic E-state index is -0.555. The molecule has 1 aromatic rings. The zero-order chi connectivity index (χ0) is 14.5. The van der Waals surface area contributed by atoms with Gasteiger partial charge in [-0.25, -0.2) is 0 Å². The summed E-state index contributed by atoms with van der Waals surface area (Å²) < 4.78 is 5.40. The SMILES string of the molecule is COc1cccc(N2CCCC2CCCO)c1[C@@H](C)O. The van der Waals surface area contributed by atoms with E-state index in [9.17, 15) is 5.11 Å². The van der Waals surface area contributed by atoms with Crippen LogP contribution in [0.3, 0.4) is 0 Å². The van der Waals surface area contributed by atoms with Crippen LogP contribution in [0.15, 0.2) is 18.2 Å². The molecule has 20 heavy (non-hydrogen) atoms. The van der Waals surface area contributed by atoms with E-state index in [2.05, 4.69) is 11.0 Å². The van der Waals surface area contributed by atoms with Gasteiger partial charge in [-0.3, -0.25) is 0 Å². The minimum absolute atomic E-state index is 0.242. The molecule has 1 saturated heterocycles. The molecular weight excluding hydrogens is 254 g/mol. The Morgan fingerprint density at radius 2 is 2.25 bits per heavy atom. The Labute approximate surface area is 121 Å². The minimum Gasteiger partial charge on any atom is -0.496 e. The highest BCUT2D eigenvalue weighted by Crippen LogP contribution is 2.38. The third-order valence-electron chi connectivity index (χ3n) is 4.06. The van der Waals surface area contributed by atoms with E-state index < -0.39 is 6.10 Å². The van der Waals surface area contributed by atoms with E-state index in [1.54, 1.807) is 14.0 Å². The highest BCUT2D eigenvalue weighted by Gasteiger charge is 2.28. The maximum atomic E-state index is 10.1. The van der Waals surface area contributed by atoms with Crippen LogP contribution in [-0.2, 0) is 0 Å². The molecule has 0 aromatic heterocycles. The number of rotatable bonds is 6. The third kappa shape index (κ3) is 3.07. The van der Waals surface area contributed by atoms with Crippen molar-refractivity contribution in [1.82, 2.24) is 0 Å². The molecule has 1 aromatic carbocycles. The summed E-state index contributed by atoms with van der Waals surface area (Å²) >= 11 is 0. The van der Waals surface area contributed by atoms with E-state index in [-0.39, 0.29) is 6.61 Å². The first-order chi connectivity index (χ1) is 9.69. The highest BCUT2D eigenvalue weighted by atomic mass is 16.5. The van der Waals surface area contributed by atoms with E-state index >= 15 is 0 Å². The highest BCUT2D eigenvalue weighted by molar-refractivity contribution is 5.61. The van der Waals surface area contributed by atoms with Crippen LogP contribution >= 0.6 is 0 Å². The lowest BCUT2D eigenvalue weighted by Gasteiger charge is -2.30. The van der Waals surface area contributed by atoms with E-state index in [0.29, 0.717) is 6.04 Å². The Bertz CT molecular complexity index is 434. The van der Waals surface area contributed by atoms with E-state index in [1.807, 2.05) is 12.1 Å². The van der Waals surface area contributed by atoms with Crippen LogP contribution in [0.5, 0.6) is 5.75 Å². The molecule has 0 amide bonds. The van der Waals surface area contributed by atoms with Gasteiger partial charge in [0.05, 0.1) is 13.2 Å². The summed E-state index contributed by atoms with van der Waals surface area (Å²) in [4.78, 5) is 2.36. The first-order valence-corrected chi connectivity index (χ1v) is 7.41. The number of methoxy groups -OCH3 is 1. The second-order valence-corrected chi connectivity index (χ2v) is 5.42. The Balaban J connectivity index is 2.31. The molecule has 1 unspecified atom stereocenters. The summed E-state index contributed by atoms with van der Waals surface area (Å²) in [6.45, 7) is 3.02. The van der Waals surface area contributed by atoms with E-state index in [4.69, 9.17) is 9.84 Å². The van der Waals surface area contributed by atoms with Crippen LogP contribution in [0.2, 0.25) is 0 Å². The molecule has 112 valence electrons. The lowest BCUT2D eigenvalue weighted by atomic mass is 10.0. The van der Waals surface area contributed by atoms with Crippen molar-refractivity contribution in [1.29, 1.82) is 0 Å². The van der Waals surface area contributed by atoms with Gasteiger partial charge in [0, 0.05) is 30.4 Å². The number of ether oxygens (including phenoxy) is 1. The second kappa shape index (κ2) is 6.95. The molecule has 1 heterocycles. The quantitative estimate of drug-likeness (QED) is 0.840. The molecule has 0 bridgehead atoms. The van der Waals surface area contributed by atoms with Gasteiger partial charge >= 0.3 is 0 Å². The number of anilines is 1. The molecule has 0 spiro atoms. The number of benzene rings is 1. The van der Waals surface area contributed by atoms with Gasteiger partial charge in [0.15, 0.2) is 0 Å². The molecule has 2 atom stereocenters. The van der Waals surface area contributed by atoms with Crippen LogP contribution in [0.25, 0.3) is 0 Å². The summed E-state index contributed by atoms with van der Waals surface area (Å²) in [6.07, 6.45) is 3.57. The third-order valence-corrected chi connectivity index (χ3v) is 4.06. The molecule has 1 fully saturated rings. The number of hydrogen-bond acceptors (Lipinski definition) is 4. The molecule has 4 heteroatoms. The van der Waals surface area contributed by atoms with Crippen molar-refractivity contribution in [2.24, 2.45) is 0 Å². The summed E-state index contributed by atoms with van der Waals surface area (Å²) in [5.41, 5.74) is 1.94. The predicted octanol–water partition coefficient (Wildman–Crippen LogP) is 2.49. The maximum Gasteiger partial charge on any atom is 0.126 e. The smallest absolute Gasteiger partial charge is 0.126 e. The van der Waals surface area contributed by atoms with Crippen molar-refractivity contribution in [3.8, 4) is 5.75 Å². The Morgan fingerprint density at radius 1 is 1.45 bits per heavy atom. The van der Waals surface area contributed by atoms with Crippen molar-refractivity contribution >= 4 is 5.69 Å². The Morgan fingerprint density at radius 3 is 2.90 bits per heavy atom. The van der Waals surface area contributed by atoms with Crippen LogP contribution in [0.1, 0.15) is 44.3 Å². The summed E-state index contributed by atoms with van der Waals surface area (Å²) in [7, 11) is 1.64. The Hall–Kier alpha value is -1.26. The molecule has 1 aliphatic heterocycles. The van der Waals surface area contributed by atoms with E-state index in [0.717, 1.165) is 49.2 Å². The first kappa shape index (κ1) is 15.1. The summed E-state index contributed by atoms with van der Waals surface area (Å²) in [6, 6.07) is 6.37. The lowest BCUT2D eigenvalue weighted by Crippen LogP contribution is -2.30. The van der Waals surface area contributed by atoms with Crippen LogP contribution in [-0.4, -0.2) is 36.5 Å². The average molecular weight is 279 g/mol. The lowest BCUT2D eigenvalue weighted by molar-refractivity contribution is 0.194. The average Bonchev–Trinajstić information content (AvgIpc) is 2.92. The van der Waals surface area contributed by atoms with Gasteiger partial charge in [-0.15, -0.1) is 0 Å². The second-order valence-electron chi connectivity index (χ2n) is 5.42. The normalized spacial score (nSPS) is 20.2. The van der Waals surface area contributed by atoms with Gasteiger partial charge in [-0.05, 0) is 44.7 Å². The molecule has 4 nitrogen and oxygen atoms in total. The van der Waals surface area contributed by atoms with Gasteiger partial charge in [0.2, 0.25) is 0 Å². The first-order valence-electron chi connectivity index (χ1n) is 7.41. The Kier molecular flexibility index (Phi) is 5.26. The molecular formula is C16H25NO3. The van der Waals surface area contributed by atoms with Crippen molar-refractivity contribution < 1.29 is 14.9 Å². The molecule has 2 N–H and O–H groups in total. The van der Waals surface area contributed by atoms with Gasteiger partial charge in [-0.2, -0.15) is 0 Å². The van der Waals surface area contributed by atoms with Gasteiger partial charge in [0.25, 0.3) is 0 Å². The zero-order valence-corrected chi connectivity index (χ0v) is 12.4. The van der Waals surface area contributed by atoms with E-state index in [1.165, 1.54) is 0 Å². The fraction of sp³-hybridized carbons (Fsp3) is 0.625. The fourth-order valence-electron chi connectivity index (χ4n) is 3.16. The maximum absolute atomic E-state index is 10.1. The number of nitrogens with zero attached hydrogens (tertiary/aromatic N) is 1. The largest absolute Gasteiger partial charge is 0.496 e. The van der Waals surface area contributed by atoms with Crippen molar-refractivity contribution in [2.75, 3.05) is 25.2 Å². The van der Waals surface area contributed by atoms with Crippen molar-refractivity contribution in [3.05, 3.63) is 23.8 Å². The number of aliphatic hydroxyl groups excluding tert-OH is 2. The molecule has 1 aliphatic rings. The van der Waals surface area contributed by atoms with Crippen LogP contribution < -0.4 is 9.64 Å². The molecule has 2 rings (SSSR count). The van der Waals surface area contributed by atoms with Gasteiger partial charge < -0.3 is 19.8 Å². The van der Waals surface area contributed by atoms with Gasteiger partial charge in [0.1, 0.15) is 5.75 Å². The van der Waals surface area contributed by atoms with Crippen LogP contribution in [0.4, 0.5) is 5.69 Å². The summed E-state index contributed by atoms with van der Waals surface area (Å²) in [5.74, 6) is 0.741. The standard InChI is InChI=1S/C16H25NO3/c1-12(19)16-14(8-3-9-15(16)20-2)17-10-4-6-13(17)7-5-11-18/h3,8-9,12-13,18-19H,4-7,10-11H2,1-2H3/t12-,13?/m1/s1. The van der Waals surface area contributed by atoms with Crippen molar-refractivity contribution in [3.63, 3.8) is 0 Å². The topological polar surface area (TPSA) is 52.9 Å². The molecule has 0 aliphatic carbocycles. The zero-order valence-electron chi connectivity index (χ0n) is 12.4. The molecule has 0 saturated carbocycles. The van der Waals surface area contributed by atoms with Crippen molar-refractivity contribution in [2.45, 2.75) is 44.8 Å². The van der Waals surface area contributed by atoms with Crippen LogP contribution in [0, 0.1) is 0 Å².